The van der Waals surface area contributed by atoms with Crippen molar-refractivity contribution >= 4 is 50.8 Å². The molecular weight excluding hydrogens is 408 g/mol. The van der Waals surface area contributed by atoms with Gasteiger partial charge in [-0.2, -0.15) is 0 Å². The Labute approximate surface area is 159 Å². The van der Waals surface area contributed by atoms with E-state index in [1.807, 2.05) is 13.8 Å². The molecule has 6 nitrogen and oxygen atoms in total. The first-order valence-electron chi connectivity index (χ1n) is 7.77. The van der Waals surface area contributed by atoms with E-state index in [9.17, 15) is 14.4 Å². The first-order chi connectivity index (χ1) is 11.9. The van der Waals surface area contributed by atoms with Gasteiger partial charge in [-0.15, -0.1) is 0 Å². The maximum absolute atomic E-state index is 12.5. The summed E-state index contributed by atoms with van der Waals surface area (Å²) in [5, 5.41) is -0.427. The molecule has 0 bridgehead atoms. The molecule has 0 aromatic heterocycles. The van der Waals surface area contributed by atoms with Crippen LogP contribution in [0.4, 0.5) is 4.79 Å². The lowest BCUT2D eigenvalue weighted by atomic mass is 10.2. The van der Waals surface area contributed by atoms with Crippen LogP contribution in [0.2, 0.25) is 0 Å². The maximum atomic E-state index is 12.5. The Balaban J connectivity index is 2.17. The minimum Gasteiger partial charge on any atom is -0.496 e. The molecule has 1 aliphatic heterocycles. The molecule has 0 spiro atoms. The standard InChI is InChI=1S/C17H19BrN2O4S/c1-4-19(5-2)15(21)10-20-16(22)14(25-17(20)23)9-11-6-7-13(24-3)12(18)8-11/h6-9H,4-5,10H2,1-3H3/b14-9-. The summed E-state index contributed by atoms with van der Waals surface area (Å²) < 4.78 is 5.92. The molecule has 134 valence electrons. The molecule has 0 N–H and O–H groups in total. The normalized spacial score (nSPS) is 15.8. The zero-order valence-corrected chi connectivity index (χ0v) is 16.6. The molecule has 1 saturated heterocycles. The monoisotopic (exact) mass is 426 g/mol. The highest BCUT2D eigenvalue weighted by Gasteiger charge is 2.36. The van der Waals surface area contributed by atoms with Gasteiger partial charge in [-0.1, -0.05) is 6.07 Å². The van der Waals surface area contributed by atoms with E-state index >= 15 is 0 Å². The van der Waals surface area contributed by atoms with Gasteiger partial charge in [-0.05, 0) is 65.3 Å². The largest absolute Gasteiger partial charge is 0.496 e. The Morgan fingerprint density at radius 2 is 2.00 bits per heavy atom. The van der Waals surface area contributed by atoms with Gasteiger partial charge in [0.2, 0.25) is 5.91 Å². The number of nitrogens with zero attached hydrogens (tertiary/aromatic N) is 2. The number of carbonyl (C=O) groups excluding carboxylic acids is 3. The minimum atomic E-state index is -0.442. The van der Waals surface area contributed by atoms with Crippen molar-refractivity contribution in [1.82, 2.24) is 9.80 Å². The lowest BCUT2D eigenvalue weighted by molar-refractivity contribution is -0.135. The summed E-state index contributed by atoms with van der Waals surface area (Å²) >= 11 is 4.23. The van der Waals surface area contributed by atoms with Crippen molar-refractivity contribution in [2.75, 3.05) is 26.7 Å². The van der Waals surface area contributed by atoms with Gasteiger partial charge in [0.25, 0.3) is 11.1 Å². The molecule has 0 aliphatic carbocycles. The van der Waals surface area contributed by atoms with Gasteiger partial charge >= 0.3 is 0 Å². The number of carbonyl (C=O) groups is 3. The van der Waals surface area contributed by atoms with Crippen LogP contribution in [0.25, 0.3) is 6.08 Å². The second-order valence-corrected chi connectivity index (χ2v) is 7.08. The number of ether oxygens (including phenoxy) is 1. The number of likely N-dealkylation sites (N-methyl/N-ethyl adjacent to an activating group) is 1. The van der Waals surface area contributed by atoms with Crippen molar-refractivity contribution in [2.24, 2.45) is 0 Å². The first-order valence-corrected chi connectivity index (χ1v) is 9.38. The molecule has 0 radical (unpaired) electrons. The SMILES string of the molecule is CCN(CC)C(=O)CN1C(=O)S/C(=C\c2ccc(OC)c(Br)c2)C1=O. The van der Waals surface area contributed by atoms with Crippen LogP contribution in [-0.4, -0.2) is 53.6 Å². The molecule has 1 aliphatic rings. The maximum Gasteiger partial charge on any atom is 0.294 e. The van der Waals surface area contributed by atoms with Crippen LogP contribution in [-0.2, 0) is 9.59 Å². The smallest absolute Gasteiger partial charge is 0.294 e. The third-order valence-electron chi connectivity index (χ3n) is 3.76. The van der Waals surface area contributed by atoms with Gasteiger partial charge in [0, 0.05) is 13.1 Å². The third-order valence-corrected chi connectivity index (χ3v) is 5.28. The second-order valence-electron chi connectivity index (χ2n) is 5.23. The van der Waals surface area contributed by atoms with Crippen LogP contribution in [0.3, 0.4) is 0 Å². The molecule has 3 amide bonds. The summed E-state index contributed by atoms with van der Waals surface area (Å²) in [7, 11) is 1.57. The van der Waals surface area contributed by atoms with Crippen molar-refractivity contribution in [2.45, 2.75) is 13.8 Å². The first kappa shape index (κ1) is 19.5. The van der Waals surface area contributed by atoms with Crippen molar-refractivity contribution < 1.29 is 19.1 Å². The van der Waals surface area contributed by atoms with Crippen molar-refractivity contribution in [3.05, 3.63) is 33.1 Å². The van der Waals surface area contributed by atoms with Gasteiger partial charge < -0.3 is 9.64 Å². The molecular formula is C17H19BrN2O4S. The third kappa shape index (κ3) is 4.43. The zero-order chi connectivity index (χ0) is 18.6. The summed E-state index contributed by atoms with van der Waals surface area (Å²) in [6, 6.07) is 5.36. The van der Waals surface area contributed by atoms with Crippen LogP contribution < -0.4 is 4.74 Å². The molecule has 0 saturated carbocycles. The highest BCUT2D eigenvalue weighted by atomic mass is 79.9. The Kier molecular flexibility index (Phi) is 6.66. The average Bonchev–Trinajstić information content (AvgIpc) is 2.84. The fraction of sp³-hybridized carbons (Fsp3) is 0.353. The Morgan fingerprint density at radius 3 is 2.56 bits per heavy atom. The fourth-order valence-corrected chi connectivity index (χ4v) is 3.77. The quantitative estimate of drug-likeness (QED) is 0.652. The lowest BCUT2D eigenvalue weighted by Gasteiger charge is -2.21. The van der Waals surface area contributed by atoms with Gasteiger partial charge in [0.1, 0.15) is 12.3 Å². The number of imide groups is 1. The highest BCUT2D eigenvalue weighted by Crippen LogP contribution is 2.33. The number of rotatable bonds is 6. The van der Waals surface area contributed by atoms with Crippen molar-refractivity contribution in [1.29, 1.82) is 0 Å². The number of methoxy groups -OCH3 is 1. The molecule has 1 aromatic rings. The summed E-state index contributed by atoms with van der Waals surface area (Å²) in [5.41, 5.74) is 0.758. The van der Waals surface area contributed by atoms with E-state index in [0.717, 1.165) is 26.7 Å². The summed E-state index contributed by atoms with van der Waals surface area (Å²) in [5.74, 6) is -0.00161. The predicted octanol–water partition coefficient (Wildman–Crippen LogP) is 3.36. The van der Waals surface area contributed by atoms with E-state index in [4.69, 9.17) is 4.74 Å². The number of amides is 3. The van der Waals surface area contributed by atoms with Crippen molar-refractivity contribution in [3.8, 4) is 5.75 Å². The van der Waals surface area contributed by atoms with Crippen LogP contribution in [0.5, 0.6) is 5.75 Å². The van der Waals surface area contributed by atoms with Crippen LogP contribution in [0, 0.1) is 0 Å². The number of thioether (sulfide) groups is 1. The molecule has 1 aromatic carbocycles. The topological polar surface area (TPSA) is 66.9 Å². The molecule has 25 heavy (non-hydrogen) atoms. The minimum absolute atomic E-state index is 0.226. The van der Waals surface area contributed by atoms with E-state index in [1.54, 1.807) is 36.3 Å². The van der Waals surface area contributed by atoms with Gasteiger partial charge in [-0.3, -0.25) is 19.3 Å². The second kappa shape index (κ2) is 8.53. The Morgan fingerprint density at radius 1 is 1.32 bits per heavy atom. The van der Waals surface area contributed by atoms with Crippen LogP contribution >= 0.6 is 27.7 Å². The summed E-state index contributed by atoms with van der Waals surface area (Å²) in [4.78, 5) is 39.6. The molecule has 8 heteroatoms. The van der Waals surface area contributed by atoms with E-state index in [1.165, 1.54) is 0 Å². The number of hydrogen-bond donors (Lipinski definition) is 0. The average molecular weight is 427 g/mol. The summed E-state index contributed by atoms with van der Waals surface area (Å²) in [6.07, 6.45) is 1.64. The highest BCUT2D eigenvalue weighted by molar-refractivity contribution is 9.10. The fourth-order valence-electron chi connectivity index (χ4n) is 2.37. The van der Waals surface area contributed by atoms with Gasteiger partial charge in [-0.25, -0.2) is 0 Å². The van der Waals surface area contributed by atoms with Crippen LogP contribution in [0.1, 0.15) is 19.4 Å². The van der Waals surface area contributed by atoms with Crippen LogP contribution in [0.15, 0.2) is 27.6 Å². The predicted molar refractivity (Wildman–Crippen MR) is 101 cm³/mol. The van der Waals surface area contributed by atoms with E-state index in [0.29, 0.717) is 23.7 Å². The number of benzene rings is 1. The molecule has 0 atom stereocenters. The van der Waals surface area contributed by atoms with E-state index < -0.39 is 11.1 Å². The number of halogens is 1. The lowest BCUT2D eigenvalue weighted by Crippen LogP contribution is -2.41. The van der Waals surface area contributed by atoms with E-state index in [2.05, 4.69) is 15.9 Å². The molecule has 1 heterocycles. The zero-order valence-electron chi connectivity index (χ0n) is 14.2. The van der Waals surface area contributed by atoms with Gasteiger partial charge in [0.05, 0.1) is 16.5 Å². The molecule has 2 rings (SSSR count). The Bertz CT molecular complexity index is 731. The Hall–Kier alpha value is -1.80. The molecule has 0 unspecified atom stereocenters. The van der Waals surface area contributed by atoms with E-state index in [-0.39, 0.29) is 12.5 Å². The number of hydrogen-bond acceptors (Lipinski definition) is 5. The molecule has 1 fully saturated rings. The van der Waals surface area contributed by atoms with Gasteiger partial charge in [0.15, 0.2) is 0 Å². The summed E-state index contributed by atoms with van der Waals surface area (Å²) in [6.45, 7) is 4.58. The van der Waals surface area contributed by atoms with Crippen molar-refractivity contribution in [3.63, 3.8) is 0 Å².